The van der Waals surface area contributed by atoms with Gasteiger partial charge in [0.05, 0.1) is 6.04 Å². The van der Waals surface area contributed by atoms with Gasteiger partial charge in [0.25, 0.3) is 0 Å². The predicted octanol–water partition coefficient (Wildman–Crippen LogP) is 3.84. The summed E-state index contributed by atoms with van der Waals surface area (Å²) in [6, 6.07) is 18.0. The lowest BCUT2D eigenvalue weighted by Crippen LogP contribution is -2.40. The van der Waals surface area contributed by atoms with Crippen LogP contribution in [0.5, 0.6) is 0 Å². The lowest BCUT2D eigenvalue weighted by atomic mass is 9.95. The molecule has 2 aromatic carbocycles. The Morgan fingerprint density at radius 3 is 2.52 bits per heavy atom. The van der Waals surface area contributed by atoms with E-state index in [1.807, 2.05) is 0 Å². The lowest BCUT2D eigenvalue weighted by Gasteiger charge is -2.35. The molecule has 0 saturated carbocycles. The smallest absolute Gasteiger partial charge is 0.0693 e. The summed E-state index contributed by atoms with van der Waals surface area (Å²) in [6.07, 6.45) is 2.10. The minimum atomic E-state index is 0.152. The van der Waals surface area contributed by atoms with Gasteiger partial charge in [-0.2, -0.15) is 0 Å². The van der Waals surface area contributed by atoms with Gasteiger partial charge in [0.1, 0.15) is 0 Å². The monoisotopic (exact) mass is 280 g/mol. The van der Waals surface area contributed by atoms with Gasteiger partial charge < -0.3 is 10.6 Å². The summed E-state index contributed by atoms with van der Waals surface area (Å²) in [5.74, 6) is 0. The average molecular weight is 280 g/mol. The molecule has 3 rings (SSSR count). The number of nitrogens with zero attached hydrogens (tertiary/aromatic N) is 1. The summed E-state index contributed by atoms with van der Waals surface area (Å²) in [6.45, 7) is 5.36. The number of benzene rings is 2. The van der Waals surface area contributed by atoms with E-state index in [4.69, 9.17) is 5.73 Å². The zero-order valence-electron chi connectivity index (χ0n) is 12.9. The summed E-state index contributed by atoms with van der Waals surface area (Å²) in [5, 5.41) is 0. The van der Waals surface area contributed by atoms with Crippen molar-refractivity contribution in [3.63, 3.8) is 0 Å². The second kappa shape index (κ2) is 5.90. The molecule has 2 unspecified atom stereocenters. The highest BCUT2D eigenvalue weighted by molar-refractivity contribution is 5.59. The third-order valence-electron chi connectivity index (χ3n) is 4.55. The molecule has 0 aliphatic carbocycles. The number of nitrogens with two attached hydrogens (primary N) is 1. The highest BCUT2D eigenvalue weighted by atomic mass is 15.2. The van der Waals surface area contributed by atoms with Crippen molar-refractivity contribution >= 4 is 5.69 Å². The molecule has 0 saturated heterocycles. The standard InChI is InChI=1S/C19H24N2/c1-3-17(20)19(16-10-8-14(2)9-11-16)21-13-12-15-6-4-5-7-18(15)21/h4-11,17,19H,3,12-13,20H2,1-2H3. The van der Waals surface area contributed by atoms with Gasteiger partial charge in [-0.3, -0.25) is 0 Å². The minimum Gasteiger partial charge on any atom is -0.362 e. The van der Waals surface area contributed by atoms with E-state index in [0.29, 0.717) is 0 Å². The first-order valence-corrected chi connectivity index (χ1v) is 7.87. The Kier molecular flexibility index (Phi) is 3.98. The van der Waals surface area contributed by atoms with Gasteiger partial charge in [-0.15, -0.1) is 0 Å². The molecule has 1 aliphatic heterocycles. The molecular weight excluding hydrogens is 256 g/mol. The van der Waals surface area contributed by atoms with Crippen molar-refractivity contribution in [2.75, 3.05) is 11.4 Å². The molecule has 110 valence electrons. The molecule has 1 heterocycles. The lowest BCUT2D eigenvalue weighted by molar-refractivity contribution is 0.498. The van der Waals surface area contributed by atoms with E-state index in [2.05, 4.69) is 67.3 Å². The molecule has 0 spiro atoms. The van der Waals surface area contributed by atoms with E-state index in [-0.39, 0.29) is 12.1 Å². The molecule has 2 N–H and O–H groups in total. The van der Waals surface area contributed by atoms with E-state index in [0.717, 1.165) is 19.4 Å². The Labute approximate surface area is 127 Å². The summed E-state index contributed by atoms with van der Waals surface area (Å²) in [4.78, 5) is 2.49. The van der Waals surface area contributed by atoms with Crippen molar-refractivity contribution in [3.05, 3.63) is 65.2 Å². The van der Waals surface area contributed by atoms with Gasteiger partial charge >= 0.3 is 0 Å². The molecule has 0 amide bonds. The maximum Gasteiger partial charge on any atom is 0.0693 e. The molecule has 0 bridgehead atoms. The van der Waals surface area contributed by atoms with E-state index in [1.54, 1.807) is 0 Å². The van der Waals surface area contributed by atoms with Crippen LogP contribution in [0.2, 0.25) is 0 Å². The van der Waals surface area contributed by atoms with E-state index in [1.165, 1.54) is 22.4 Å². The van der Waals surface area contributed by atoms with E-state index < -0.39 is 0 Å². The molecule has 1 aliphatic rings. The third kappa shape index (κ3) is 2.68. The van der Waals surface area contributed by atoms with Crippen LogP contribution in [0.3, 0.4) is 0 Å². The Morgan fingerprint density at radius 2 is 1.81 bits per heavy atom. The summed E-state index contributed by atoms with van der Waals surface area (Å²) in [5.41, 5.74) is 11.9. The first-order valence-electron chi connectivity index (χ1n) is 7.87. The predicted molar refractivity (Wildman–Crippen MR) is 89.7 cm³/mol. The molecule has 0 fully saturated rings. The maximum atomic E-state index is 6.48. The van der Waals surface area contributed by atoms with Crippen LogP contribution in [-0.2, 0) is 6.42 Å². The Hall–Kier alpha value is -1.80. The molecule has 21 heavy (non-hydrogen) atoms. The quantitative estimate of drug-likeness (QED) is 0.922. The molecular formula is C19H24N2. The second-order valence-corrected chi connectivity index (χ2v) is 6.00. The Bertz CT molecular complexity index is 603. The number of fused-ring (bicyclic) bond motifs is 1. The molecule has 0 radical (unpaired) electrons. The van der Waals surface area contributed by atoms with Crippen LogP contribution >= 0.6 is 0 Å². The number of hydrogen-bond donors (Lipinski definition) is 1. The van der Waals surface area contributed by atoms with Crippen LogP contribution in [-0.4, -0.2) is 12.6 Å². The Morgan fingerprint density at radius 1 is 1.10 bits per heavy atom. The van der Waals surface area contributed by atoms with Crippen molar-refractivity contribution in [1.82, 2.24) is 0 Å². The molecule has 2 heteroatoms. The highest BCUT2D eigenvalue weighted by Crippen LogP contribution is 2.36. The van der Waals surface area contributed by atoms with Crippen molar-refractivity contribution in [3.8, 4) is 0 Å². The maximum absolute atomic E-state index is 6.48. The average Bonchev–Trinajstić information content (AvgIpc) is 2.93. The summed E-state index contributed by atoms with van der Waals surface area (Å²) < 4.78 is 0. The fourth-order valence-electron chi connectivity index (χ4n) is 3.30. The van der Waals surface area contributed by atoms with Crippen molar-refractivity contribution in [2.45, 2.75) is 38.8 Å². The van der Waals surface area contributed by atoms with Crippen LogP contribution in [0.1, 0.15) is 36.1 Å². The first kappa shape index (κ1) is 14.2. The summed E-state index contributed by atoms with van der Waals surface area (Å²) in [7, 11) is 0. The van der Waals surface area contributed by atoms with Crippen molar-refractivity contribution in [1.29, 1.82) is 0 Å². The van der Waals surface area contributed by atoms with Gasteiger partial charge in [-0.05, 0) is 37.0 Å². The fraction of sp³-hybridized carbons (Fsp3) is 0.368. The number of hydrogen-bond acceptors (Lipinski definition) is 2. The van der Waals surface area contributed by atoms with Gasteiger partial charge in [-0.1, -0.05) is 55.0 Å². The van der Waals surface area contributed by atoms with Crippen molar-refractivity contribution < 1.29 is 0 Å². The fourth-order valence-corrected chi connectivity index (χ4v) is 3.30. The third-order valence-corrected chi connectivity index (χ3v) is 4.55. The summed E-state index contributed by atoms with van der Waals surface area (Å²) >= 11 is 0. The highest BCUT2D eigenvalue weighted by Gasteiger charge is 2.30. The number of para-hydroxylation sites is 1. The molecule has 2 atom stereocenters. The minimum absolute atomic E-state index is 0.152. The molecule has 2 aromatic rings. The SMILES string of the molecule is CCC(N)C(c1ccc(C)cc1)N1CCc2ccccc21. The molecule has 0 aromatic heterocycles. The van der Waals surface area contributed by atoms with Crippen LogP contribution in [0.25, 0.3) is 0 Å². The van der Waals surface area contributed by atoms with Crippen LogP contribution in [0.4, 0.5) is 5.69 Å². The zero-order valence-corrected chi connectivity index (χ0v) is 12.9. The Balaban J connectivity index is 1.99. The topological polar surface area (TPSA) is 29.3 Å². The number of anilines is 1. The van der Waals surface area contributed by atoms with E-state index >= 15 is 0 Å². The van der Waals surface area contributed by atoms with Crippen molar-refractivity contribution in [2.24, 2.45) is 5.73 Å². The van der Waals surface area contributed by atoms with Gasteiger partial charge in [0.2, 0.25) is 0 Å². The van der Waals surface area contributed by atoms with Gasteiger partial charge in [0.15, 0.2) is 0 Å². The normalized spacial score (nSPS) is 16.6. The molecule has 2 nitrogen and oxygen atoms in total. The van der Waals surface area contributed by atoms with Gasteiger partial charge in [0, 0.05) is 18.3 Å². The van der Waals surface area contributed by atoms with Crippen LogP contribution < -0.4 is 10.6 Å². The number of rotatable bonds is 4. The van der Waals surface area contributed by atoms with E-state index in [9.17, 15) is 0 Å². The largest absolute Gasteiger partial charge is 0.362 e. The second-order valence-electron chi connectivity index (χ2n) is 6.00. The van der Waals surface area contributed by atoms with Gasteiger partial charge in [-0.25, -0.2) is 0 Å². The van der Waals surface area contributed by atoms with Crippen LogP contribution in [0, 0.1) is 6.92 Å². The first-order chi connectivity index (χ1) is 10.2. The zero-order chi connectivity index (χ0) is 14.8. The number of aryl methyl sites for hydroxylation is 1. The van der Waals surface area contributed by atoms with Crippen LogP contribution in [0.15, 0.2) is 48.5 Å².